The van der Waals surface area contributed by atoms with E-state index in [9.17, 15) is 9.59 Å². The molecule has 4 rings (SSSR count). The van der Waals surface area contributed by atoms with Gasteiger partial charge in [0.25, 0.3) is 0 Å². The van der Waals surface area contributed by atoms with Crippen LogP contribution in [0.3, 0.4) is 0 Å². The molecular formula is C27H23ClN2O5. The maximum atomic E-state index is 13.1. The number of carboxylic acids is 1. The van der Waals surface area contributed by atoms with Crippen molar-refractivity contribution in [2.75, 3.05) is 11.5 Å². The summed E-state index contributed by atoms with van der Waals surface area (Å²) in [5.41, 5.74) is 4.61. The van der Waals surface area contributed by atoms with Crippen molar-refractivity contribution >= 4 is 35.0 Å². The highest BCUT2D eigenvalue weighted by molar-refractivity contribution is 6.34. The maximum absolute atomic E-state index is 13.1. The molecule has 1 aromatic heterocycles. The number of aliphatic carboxylic acids is 1. The van der Waals surface area contributed by atoms with E-state index >= 15 is 0 Å². The quantitative estimate of drug-likeness (QED) is 0.303. The van der Waals surface area contributed by atoms with Gasteiger partial charge in [0.1, 0.15) is 11.4 Å². The number of hydrogen-bond acceptors (Lipinski definition) is 5. The predicted molar refractivity (Wildman–Crippen MR) is 134 cm³/mol. The van der Waals surface area contributed by atoms with Crippen molar-refractivity contribution in [2.24, 2.45) is 0 Å². The Labute approximate surface area is 207 Å². The largest absolute Gasteiger partial charge is 0.481 e. The fraction of sp³-hybridized carbons (Fsp3) is 0.148. The van der Waals surface area contributed by atoms with E-state index in [4.69, 9.17) is 26.0 Å². The highest BCUT2D eigenvalue weighted by Gasteiger charge is 2.30. The minimum atomic E-state index is -0.877. The number of amides is 1. The number of para-hydroxylation sites is 1. The normalized spacial score (nSPS) is 10.7. The number of hydrogen-bond donors (Lipinski definition) is 1. The number of carboxylic acid groups (broad SMARTS) is 1. The first-order valence-electron chi connectivity index (χ1n) is 11.0. The lowest BCUT2D eigenvalue weighted by atomic mass is 9.99. The van der Waals surface area contributed by atoms with Gasteiger partial charge in [-0.1, -0.05) is 71.4 Å². The second-order valence-corrected chi connectivity index (χ2v) is 8.19. The molecule has 1 heterocycles. The molecule has 35 heavy (non-hydrogen) atoms. The number of rotatable bonds is 7. The third kappa shape index (κ3) is 5.20. The summed E-state index contributed by atoms with van der Waals surface area (Å²) in [5.74, 6) is -0.488. The summed E-state index contributed by atoms with van der Waals surface area (Å²) >= 11 is 6.44. The summed E-state index contributed by atoms with van der Waals surface area (Å²) in [6.45, 7) is 3.67. The van der Waals surface area contributed by atoms with Gasteiger partial charge in [-0.25, -0.2) is 9.69 Å². The van der Waals surface area contributed by atoms with Gasteiger partial charge in [-0.15, -0.1) is 0 Å². The summed E-state index contributed by atoms with van der Waals surface area (Å²) in [6, 6.07) is 21.9. The van der Waals surface area contributed by atoms with E-state index in [2.05, 4.69) is 5.16 Å². The molecule has 0 aliphatic carbocycles. The van der Waals surface area contributed by atoms with Crippen LogP contribution in [0.25, 0.3) is 22.5 Å². The molecule has 0 aliphatic rings. The third-order valence-corrected chi connectivity index (χ3v) is 5.69. The van der Waals surface area contributed by atoms with Crippen LogP contribution in [-0.2, 0) is 16.0 Å². The van der Waals surface area contributed by atoms with Crippen LogP contribution in [0.2, 0.25) is 5.02 Å². The van der Waals surface area contributed by atoms with Gasteiger partial charge >= 0.3 is 12.1 Å². The zero-order chi connectivity index (χ0) is 24.9. The van der Waals surface area contributed by atoms with Crippen LogP contribution < -0.4 is 4.90 Å². The van der Waals surface area contributed by atoms with Gasteiger partial charge in [0, 0.05) is 5.56 Å². The molecule has 8 heteroatoms. The van der Waals surface area contributed by atoms with Crippen LogP contribution in [0.1, 0.15) is 18.2 Å². The Kier molecular flexibility index (Phi) is 7.17. The zero-order valence-corrected chi connectivity index (χ0v) is 20.0. The van der Waals surface area contributed by atoms with Gasteiger partial charge in [-0.2, -0.15) is 0 Å². The van der Waals surface area contributed by atoms with Gasteiger partial charge in [0.15, 0.2) is 5.76 Å². The fourth-order valence-electron chi connectivity index (χ4n) is 3.78. The number of carbonyl (C=O) groups is 2. The highest BCUT2D eigenvalue weighted by Crippen LogP contribution is 2.41. The lowest BCUT2D eigenvalue weighted by molar-refractivity contribution is -0.136. The number of aromatic nitrogens is 1. The minimum Gasteiger partial charge on any atom is -0.481 e. The third-order valence-electron chi connectivity index (χ3n) is 5.37. The number of ether oxygens (including phenoxy) is 1. The second-order valence-electron chi connectivity index (χ2n) is 7.78. The van der Waals surface area contributed by atoms with Crippen molar-refractivity contribution in [3.8, 4) is 22.5 Å². The van der Waals surface area contributed by atoms with Gasteiger partial charge in [0.2, 0.25) is 0 Å². The number of nitrogens with zero attached hydrogens (tertiary/aromatic N) is 2. The van der Waals surface area contributed by atoms with E-state index in [-0.39, 0.29) is 13.0 Å². The molecule has 4 aromatic rings. The average Bonchev–Trinajstić information content (AvgIpc) is 3.22. The Balaban J connectivity index is 1.78. The van der Waals surface area contributed by atoms with Crippen molar-refractivity contribution in [1.82, 2.24) is 5.16 Å². The van der Waals surface area contributed by atoms with Gasteiger partial charge in [-0.3, -0.25) is 4.79 Å². The monoisotopic (exact) mass is 490 g/mol. The fourth-order valence-corrected chi connectivity index (χ4v) is 4.00. The highest BCUT2D eigenvalue weighted by atomic mass is 35.5. The molecule has 0 radical (unpaired) electrons. The molecule has 0 atom stereocenters. The van der Waals surface area contributed by atoms with E-state index in [1.807, 2.05) is 36.4 Å². The average molecular weight is 491 g/mol. The molecule has 0 bridgehead atoms. The summed E-state index contributed by atoms with van der Waals surface area (Å²) in [4.78, 5) is 25.4. The van der Waals surface area contributed by atoms with E-state index in [1.54, 1.807) is 50.2 Å². The number of carbonyl (C=O) groups excluding carboxylic acids is 1. The zero-order valence-electron chi connectivity index (χ0n) is 19.2. The number of anilines is 2. The summed E-state index contributed by atoms with van der Waals surface area (Å²) in [5, 5.41) is 13.5. The van der Waals surface area contributed by atoms with Gasteiger partial charge < -0.3 is 14.4 Å². The number of benzene rings is 3. The summed E-state index contributed by atoms with van der Waals surface area (Å²) in [6.07, 6.45) is -0.634. The Bertz CT molecular complexity index is 1360. The molecule has 0 saturated heterocycles. The topological polar surface area (TPSA) is 92.9 Å². The summed E-state index contributed by atoms with van der Waals surface area (Å²) < 4.78 is 11.0. The molecule has 178 valence electrons. The lowest BCUT2D eigenvalue weighted by Gasteiger charge is -2.23. The van der Waals surface area contributed by atoms with Crippen LogP contribution in [-0.4, -0.2) is 28.9 Å². The predicted octanol–water partition coefficient (Wildman–Crippen LogP) is 6.89. The van der Waals surface area contributed by atoms with Crippen molar-refractivity contribution in [3.63, 3.8) is 0 Å². The Morgan fingerprint density at radius 2 is 1.71 bits per heavy atom. The van der Waals surface area contributed by atoms with Crippen molar-refractivity contribution in [3.05, 3.63) is 89.1 Å². The first kappa shape index (κ1) is 24.0. The maximum Gasteiger partial charge on any atom is 0.419 e. The van der Waals surface area contributed by atoms with E-state index < -0.39 is 12.1 Å². The van der Waals surface area contributed by atoms with Crippen molar-refractivity contribution in [2.45, 2.75) is 20.3 Å². The van der Waals surface area contributed by atoms with Crippen LogP contribution in [0, 0.1) is 6.92 Å². The molecule has 7 nitrogen and oxygen atoms in total. The van der Waals surface area contributed by atoms with E-state index in [0.717, 1.165) is 16.7 Å². The molecular weight excluding hydrogens is 468 g/mol. The van der Waals surface area contributed by atoms with Gasteiger partial charge in [0.05, 0.1) is 23.7 Å². The van der Waals surface area contributed by atoms with E-state index in [0.29, 0.717) is 33.4 Å². The molecule has 0 unspecified atom stereocenters. The standard InChI is InChI=1S/C27H23ClN2O5/c1-3-34-27(33)30(23-10-5-4-9-22(23)28)25-17(2)29-35-26(25)21-8-6-7-20(16-21)19-13-11-18(12-14-19)15-24(31)32/h4-14,16H,3,15H2,1-2H3,(H,31,32). The van der Waals surface area contributed by atoms with Crippen molar-refractivity contribution < 1.29 is 24.0 Å². The minimum absolute atomic E-state index is 0.0350. The Morgan fingerprint density at radius 3 is 2.40 bits per heavy atom. The molecule has 0 saturated carbocycles. The van der Waals surface area contributed by atoms with Crippen LogP contribution in [0.5, 0.6) is 0 Å². The molecule has 1 N–H and O–H groups in total. The molecule has 0 fully saturated rings. The molecule has 0 aliphatic heterocycles. The van der Waals surface area contributed by atoms with Crippen molar-refractivity contribution in [1.29, 1.82) is 0 Å². The Morgan fingerprint density at radius 1 is 1.00 bits per heavy atom. The van der Waals surface area contributed by atoms with Crippen LogP contribution >= 0.6 is 11.6 Å². The first-order chi connectivity index (χ1) is 16.9. The lowest BCUT2D eigenvalue weighted by Crippen LogP contribution is -2.27. The molecule has 3 aromatic carbocycles. The number of aryl methyl sites for hydroxylation is 1. The Hall–Kier alpha value is -4.10. The van der Waals surface area contributed by atoms with E-state index in [1.165, 1.54) is 4.90 Å². The first-order valence-corrected chi connectivity index (χ1v) is 11.4. The SMILES string of the molecule is CCOC(=O)N(c1ccccc1Cl)c1c(C)noc1-c1cccc(-c2ccc(CC(=O)O)cc2)c1. The molecule has 1 amide bonds. The van der Waals surface area contributed by atoms with Gasteiger partial charge in [-0.05, 0) is 48.7 Å². The second kappa shape index (κ2) is 10.4. The smallest absolute Gasteiger partial charge is 0.419 e. The molecule has 0 spiro atoms. The van der Waals surface area contributed by atoms with Crippen LogP contribution in [0.4, 0.5) is 16.2 Å². The summed E-state index contributed by atoms with van der Waals surface area (Å²) in [7, 11) is 0. The number of halogens is 1. The van der Waals surface area contributed by atoms with Crippen LogP contribution in [0.15, 0.2) is 77.3 Å².